The second-order valence-electron chi connectivity index (χ2n) is 8.53. The zero-order valence-electron chi connectivity index (χ0n) is 21.0. The molecule has 11 heteroatoms. The molecule has 4 aromatic rings. The van der Waals surface area contributed by atoms with Gasteiger partial charge in [-0.1, -0.05) is 0 Å². The number of amides is 1. The third kappa shape index (κ3) is 3.71. The number of halogens is 1. The lowest BCUT2D eigenvalue weighted by Gasteiger charge is -2.17. The fraction of sp³-hybridized carbons (Fsp3) is 0.308. The Morgan fingerprint density at radius 3 is 2.22 bits per heavy atom. The molecular weight excluding hydrogens is 502 g/mol. The van der Waals surface area contributed by atoms with Gasteiger partial charge < -0.3 is 38.6 Å². The van der Waals surface area contributed by atoms with Gasteiger partial charge in [0.2, 0.25) is 5.75 Å². The molecule has 5 rings (SSSR count). The molecule has 0 saturated heterocycles. The van der Waals surface area contributed by atoms with Crippen molar-refractivity contribution in [1.29, 1.82) is 0 Å². The molecule has 37 heavy (non-hydrogen) atoms. The number of hydrogen-bond acceptors (Lipinski definition) is 7. The van der Waals surface area contributed by atoms with Crippen LogP contribution in [-0.2, 0) is 4.74 Å². The zero-order chi connectivity index (χ0) is 26.4. The summed E-state index contributed by atoms with van der Waals surface area (Å²) in [4.78, 5) is 34.0. The monoisotopic (exact) mass is 527 g/mol. The lowest BCUT2D eigenvalue weighted by atomic mass is 9.98. The van der Waals surface area contributed by atoms with Crippen molar-refractivity contribution < 1.29 is 33.3 Å². The Morgan fingerprint density at radius 1 is 0.892 bits per heavy atom. The van der Waals surface area contributed by atoms with Crippen LogP contribution >= 0.6 is 11.6 Å². The number of carbonyl (C=O) groups excluding carboxylic acids is 2. The summed E-state index contributed by atoms with van der Waals surface area (Å²) in [5, 5.41) is 1.48. The van der Waals surface area contributed by atoms with Gasteiger partial charge in [0.25, 0.3) is 5.91 Å². The lowest BCUT2D eigenvalue weighted by molar-refractivity contribution is 0.0595. The van der Waals surface area contributed by atoms with Crippen molar-refractivity contribution in [3.8, 4) is 23.0 Å². The van der Waals surface area contributed by atoms with Crippen LogP contribution in [0.4, 0.5) is 5.69 Å². The maximum absolute atomic E-state index is 13.9. The molecule has 2 N–H and O–H groups in total. The molecule has 1 aliphatic heterocycles. The van der Waals surface area contributed by atoms with Crippen LogP contribution in [0.2, 0.25) is 0 Å². The smallest absolute Gasteiger partial charge is 0.354 e. The molecule has 1 aliphatic rings. The van der Waals surface area contributed by atoms with Gasteiger partial charge in [0.15, 0.2) is 11.5 Å². The van der Waals surface area contributed by atoms with E-state index in [1.807, 2.05) is 0 Å². The van der Waals surface area contributed by atoms with Crippen LogP contribution in [0.25, 0.3) is 21.8 Å². The Balaban J connectivity index is 1.65. The Labute approximate surface area is 217 Å². The van der Waals surface area contributed by atoms with E-state index in [0.29, 0.717) is 52.0 Å². The van der Waals surface area contributed by atoms with Crippen molar-refractivity contribution in [2.45, 2.75) is 5.92 Å². The van der Waals surface area contributed by atoms with E-state index in [1.165, 1.54) is 35.5 Å². The molecule has 10 nitrogen and oxygen atoms in total. The van der Waals surface area contributed by atoms with Crippen molar-refractivity contribution in [2.75, 3.05) is 52.9 Å². The van der Waals surface area contributed by atoms with Crippen LogP contribution in [0, 0.1) is 0 Å². The highest BCUT2D eigenvalue weighted by Crippen LogP contribution is 2.47. The highest BCUT2D eigenvalue weighted by atomic mass is 35.5. The summed E-state index contributed by atoms with van der Waals surface area (Å²) in [6.07, 6.45) is 0. The molecular formula is C26H26ClN3O7. The molecule has 0 bridgehead atoms. The summed E-state index contributed by atoms with van der Waals surface area (Å²) in [6, 6.07) is 7.03. The van der Waals surface area contributed by atoms with Crippen LogP contribution in [0.3, 0.4) is 0 Å². The molecule has 2 aromatic carbocycles. The quantitative estimate of drug-likeness (QED) is 0.269. The normalized spacial score (nSPS) is 14.6. The molecule has 0 unspecified atom stereocenters. The first-order valence-electron chi connectivity index (χ1n) is 11.4. The van der Waals surface area contributed by atoms with E-state index in [4.69, 9.17) is 35.3 Å². The fourth-order valence-corrected chi connectivity index (χ4v) is 5.29. The zero-order valence-corrected chi connectivity index (χ0v) is 21.7. The van der Waals surface area contributed by atoms with Gasteiger partial charge in [-0.05, 0) is 23.8 Å². The number of hydrogen-bond donors (Lipinski definition) is 2. The third-order valence-electron chi connectivity index (χ3n) is 6.71. The first-order chi connectivity index (χ1) is 17.9. The summed E-state index contributed by atoms with van der Waals surface area (Å²) in [7, 11) is 7.44. The summed E-state index contributed by atoms with van der Waals surface area (Å²) in [5.74, 6) is 1.20. The number of methoxy groups -OCH3 is 5. The van der Waals surface area contributed by atoms with E-state index in [9.17, 15) is 9.59 Å². The number of carbonyl (C=O) groups is 2. The molecule has 0 radical (unpaired) electrons. The van der Waals surface area contributed by atoms with Crippen LogP contribution in [0.15, 0.2) is 24.3 Å². The Morgan fingerprint density at radius 2 is 1.59 bits per heavy atom. The average molecular weight is 528 g/mol. The summed E-state index contributed by atoms with van der Waals surface area (Å²) in [6.45, 7) is 0.359. The number of ether oxygens (including phenoxy) is 5. The highest BCUT2D eigenvalue weighted by molar-refractivity contribution is 6.19. The molecule has 0 fully saturated rings. The third-order valence-corrected chi connectivity index (χ3v) is 7.08. The maximum Gasteiger partial charge on any atom is 0.354 e. The number of nitrogens with one attached hydrogen (secondary N) is 2. The molecule has 0 spiro atoms. The molecule has 194 valence electrons. The predicted molar refractivity (Wildman–Crippen MR) is 139 cm³/mol. The van der Waals surface area contributed by atoms with E-state index < -0.39 is 5.97 Å². The Kier molecular flexibility index (Phi) is 6.28. The van der Waals surface area contributed by atoms with Crippen LogP contribution in [-0.4, -0.2) is 69.8 Å². The highest BCUT2D eigenvalue weighted by Gasteiger charge is 2.36. The van der Waals surface area contributed by atoms with Crippen molar-refractivity contribution in [3.63, 3.8) is 0 Å². The molecule has 3 heterocycles. The standard InChI is InChI=1S/C26H26ClN3O7/c1-33-18-9-17-20(14-8-16(26(32)37-5)29-22(14)18)13(10-27)11-30(17)25(31)15-6-12-7-19(34-2)23(35-3)24(36-4)21(12)28-15/h6-9,13,28-29H,10-11H2,1-5H3/t13-/m1/s1. The topological polar surface area (TPSA) is 115 Å². The van der Waals surface area contributed by atoms with Gasteiger partial charge in [0, 0.05) is 35.2 Å². The lowest BCUT2D eigenvalue weighted by Crippen LogP contribution is -2.30. The first-order valence-corrected chi connectivity index (χ1v) is 11.9. The Bertz CT molecular complexity index is 1540. The van der Waals surface area contributed by atoms with Crippen LogP contribution in [0.1, 0.15) is 32.5 Å². The predicted octanol–water partition coefficient (Wildman–Crippen LogP) is 4.45. The van der Waals surface area contributed by atoms with Gasteiger partial charge in [-0.3, -0.25) is 4.79 Å². The van der Waals surface area contributed by atoms with Gasteiger partial charge in [0.1, 0.15) is 17.1 Å². The van der Waals surface area contributed by atoms with Gasteiger partial charge in [0.05, 0.1) is 52.3 Å². The van der Waals surface area contributed by atoms with E-state index in [2.05, 4.69) is 9.97 Å². The number of fused-ring (bicyclic) bond motifs is 4. The average Bonchev–Trinajstić information content (AvgIpc) is 3.64. The summed E-state index contributed by atoms with van der Waals surface area (Å²) < 4.78 is 27.0. The molecule has 2 aromatic heterocycles. The second-order valence-corrected chi connectivity index (χ2v) is 8.84. The van der Waals surface area contributed by atoms with Crippen LogP contribution in [0.5, 0.6) is 23.0 Å². The summed E-state index contributed by atoms with van der Waals surface area (Å²) >= 11 is 6.37. The number of aromatic amines is 2. The number of H-pyrrole nitrogens is 2. The van der Waals surface area contributed by atoms with Crippen molar-refractivity contribution in [1.82, 2.24) is 9.97 Å². The minimum Gasteiger partial charge on any atom is -0.494 e. The van der Waals surface area contributed by atoms with Gasteiger partial charge in [-0.2, -0.15) is 0 Å². The molecule has 1 atom stereocenters. The Hall–Kier alpha value is -4.05. The number of rotatable bonds is 7. The molecule has 0 saturated carbocycles. The number of aromatic nitrogens is 2. The molecule has 1 amide bonds. The minimum atomic E-state index is -0.502. The van der Waals surface area contributed by atoms with Crippen molar-refractivity contribution in [2.24, 2.45) is 0 Å². The van der Waals surface area contributed by atoms with E-state index in [0.717, 1.165) is 16.3 Å². The van der Waals surface area contributed by atoms with Gasteiger partial charge >= 0.3 is 5.97 Å². The number of esters is 1. The number of alkyl halides is 1. The van der Waals surface area contributed by atoms with E-state index in [1.54, 1.807) is 29.2 Å². The van der Waals surface area contributed by atoms with Gasteiger partial charge in [-0.25, -0.2) is 4.79 Å². The van der Waals surface area contributed by atoms with E-state index >= 15 is 0 Å². The molecule has 0 aliphatic carbocycles. The summed E-state index contributed by atoms with van der Waals surface area (Å²) in [5.41, 5.74) is 3.42. The number of benzene rings is 2. The van der Waals surface area contributed by atoms with Crippen molar-refractivity contribution in [3.05, 3.63) is 41.2 Å². The number of anilines is 1. The van der Waals surface area contributed by atoms with E-state index in [-0.39, 0.29) is 23.4 Å². The second kappa shape index (κ2) is 9.44. The number of nitrogens with zero attached hydrogens (tertiary/aromatic N) is 1. The van der Waals surface area contributed by atoms with Gasteiger partial charge in [-0.15, -0.1) is 11.6 Å². The largest absolute Gasteiger partial charge is 0.494 e. The minimum absolute atomic E-state index is 0.158. The fourth-order valence-electron chi connectivity index (χ4n) is 5.04. The van der Waals surface area contributed by atoms with Crippen molar-refractivity contribution >= 4 is 51.0 Å². The van der Waals surface area contributed by atoms with Crippen LogP contribution < -0.4 is 23.8 Å². The first kappa shape index (κ1) is 24.6. The SMILES string of the molecule is COC(=O)c1cc2c3c(cc(OC)c2[nH]1)N(C(=O)c1cc2cc(OC)c(OC)c(OC)c2[nH]1)C[C@H]3CCl. The maximum atomic E-state index is 13.9.